The number of benzene rings is 2. The first kappa shape index (κ1) is 77.2. The minimum Gasteiger partial charge on any atom is -0.489 e. The maximum atomic E-state index is 14.5. The van der Waals surface area contributed by atoms with E-state index in [0.29, 0.717) is 40.5 Å². The smallest absolute Gasteiger partial charge is 0.335 e. The lowest BCUT2D eigenvalue weighted by Crippen LogP contribution is -2.47. The van der Waals surface area contributed by atoms with Crippen molar-refractivity contribution in [2.45, 2.75) is 88.9 Å². The number of nitrogens with zero attached hydrogens (tertiary/aromatic N) is 12. The number of hydrogen-bond acceptors (Lipinski definition) is 24. The lowest BCUT2D eigenvalue weighted by atomic mass is 9.92. The number of aliphatic carboxylic acids is 1. The first-order valence-electron chi connectivity index (χ1n) is 28.4. The summed E-state index contributed by atoms with van der Waals surface area (Å²) in [4.78, 5) is 98.8. The van der Waals surface area contributed by atoms with Gasteiger partial charge < -0.3 is 59.7 Å². The molecule has 3 unspecified atom stereocenters. The Morgan fingerprint density at radius 1 is 1.00 bits per heavy atom. The summed E-state index contributed by atoms with van der Waals surface area (Å²) >= 11 is 18.2. The van der Waals surface area contributed by atoms with Gasteiger partial charge in [-0.1, -0.05) is 55.1 Å². The molecular weight excluding hydrogens is 1370 g/mol. The van der Waals surface area contributed by atoms with Crippen LogP contribution < -0.4 is 60.0 Å². The predicted molar refractivity (Wildman–Crippen MR) is 356 cm³/mol. The molecule has 31 nitrogen and oxygen atoms in total. The highest BCUT2D eigenvalue weighted by Crippen LogP contribution is 2.39. The normalized spacial score (nSPS) is 15.1. The lowest BCUT2D eigenvalue weighted by Gasteiger charge is -2.35. The SMILES string of the molecule is C#CCN1C(=O)COc2cc(F)c(N=c3snc4n3CC(C)(C)C4)cc21.CC1COc2ccccc2N1C(=O)C(Cl)Cl.CCNc1nc(Cl)nc(NC(C)C)n1.COc1cc(OC)nc(NC(=O)NS(=O)(=O)c2ncccc2C(=O)N(C)C)n1.CP(=O)(O)CCC(N)C(=O)O. The minimum absolute atomic E-state index is 0.0412. The summed E-state index contributed by atoms with van der Waals surface area (Å²) in [5, 5.41) is 16.1. The fourth-order valence-corrected chi connectivity index (χ4v) is 11.3. The molecule has 0 bridgehead atoms. The second kappa shape index (κ2) is 34.7. The zero-order valence-corrected chi connectivity index (χ0v) is 58.1. The molecule has 0 saturated carbocycles. The third-order valence-corrected chi connectivity index (χ3v) is 16.3. The van der Waals surface area contributed by atoms with Crippen molar-refractivity contribution in [3.05, 3.63) is 88.1 Å². The number of pyridine rings is 1. The molecule has 4 aromatic heterocycles. The van der Waals surface area contributed by atoms with Crippen molar-refractivity contribution in [3.8, 4) is 35.6 Å². The van der Waals surface area contributed by atoms with Crippen molar-refractivity contribution in [3.63, 3.8) is 0 Å². The molecule has 3 aliphatic rings. The molecule has 5 amide bonds. The Balaban J connectivity index is 0.000000224. The van der Waals surface area contributed by atoms with Crippen LogP contribution in [0.1, 0.15) is 64.1 Å². The topological polar surface area (TPSA) is 405 Å². The number of fused-ring (bicyclic) bond motifs is 3. The number of rotatable bonds is 17. The number of anilines is 5. The summed E-state index contributed by atoms with van der Waals surface area (Å²) in [7, 11) is -1.95. The molecule has 95 heavy (non-hydrogen) atoms. The maximum Gasteiger partial charge on any atom is 0.335 e. The Labute approximate surface area is 566 Å². The third kappa shape index (κ3) is 22.8. The van der Waals surface area contributed by atoms with Gasteiger partial charge in [-0.25, -0.2) is 23.9 Å². The number of carbonyl (C=O) groups excluding carboxylic acids is 4. The van der Waals surface area contributed by atoms with Crippen molar-refractivity contribution >= 4 is 128 Å². The summed E-state index contributed by atoms with van der Waals surface area (Å²) in [5.74, 6) is 2.48. The van der Waals surface area contributed by atoms with Gasteiger partial charge in [-0.3, -0.25) is 34.0 Å². The molecule has 3 atom stereocenters. The van der Waals surface area contributed by atoms with Gasteiger partial charge in [-0.05, 0) is 81.5 Å². The Kier molecular flexibility index (Phi) is 28.2. The second-order valence-electron chi connectivity index (χ2n) is 21.8. The number of carboxylic acids is 1. The van der Waals surface area contributed by atoms with E-state index in [1.807, 2.05) is 56.5 Å². The van der Waals surface area contributed by atoms with Crippen molar-refractivity contribution in [1.29, 1.82) is 0 Å². The molecule has 0 saturated heterocycles. The number of halogens is 4. The maximum absolute atomic E-state index is 14.5. The van der Waals surface area contributed by atoms with E-state index in [9.17, 15) is 41.3 Å². The average molecular weight is 1440 g/mol. The van der Waals surface area contributed by atoms with Crippen LogP contribution in [0.15, 0.2) is 70.8 Å². The van der Waals surface area contributed by atoms with Gasteiger partial charge in [0.05, 0.1) is 49.8 Å². The van der Waals surface area contributed by atoms with Crippen LogP contribution in [0.25, 0.3) is 0 Å². The van der Waals surface area contributed by atoms with E-state index in [-0.39, 0.29) is 89.3 Å². The fourth-order valence-electron chi connectivity index (χ4n) is 8.37. The van der Waals surface area contributed by atoms with Crippen molar-refractivity contribution in [2.75, 3.05) is 93.2 Å². The molecule has 0 radical (unpaired) electrons. The van der Waals surface area contributed by atoms with E-state index < -0.39 is 57.0 Å². The van der Waals surface area contributed by atoms with Crippen LogP contribution in [0.3, 0.4) is 0 Å². The molecule has 0 spiro atoms. The monoisotopic (exact) mass is 1440 g/mol. The first-order chi connectivity index (χ1) is 44.6. The van der Waals surface area contributed by atoms with Gasteiger partial charge in [-0.15, -0.1) is 6.42 Å². The third-order valence-electron chi connectivity index (χ3n) is 12.6. The van der Waals surface area contributed by atoms with Crippen LogP contribution in [-0.4, -0.2) is 182 Å². The Morgan fingerprint density at radius 2 is 1.66 bits per heavy atom. The Morgan fingerprint density at radius 3 is 2.26 bits per heavy atom. The van der Waals surface area contributed by atoms with Crippen LogP contribution in [0, 0.1) is 23.6 Å². The van der Waals surface area contributed by atoms with Crippen LogP contribution in [0.5, 0.6) is 23.3 Å². The van der Waals surface area contributed by atoms with Gasteiger partial charge in [-0.2, -0.15) is 37.7 Å². The van der Waals surface area contributed by atoms with Gasteiger partial charge in [0.15, 0.2) is 29.7 Å². The second-order valence-corrected chi connectivity index (χ2v) is 28.1. The number of carbonyl (C=O) groups is 5. The summed E-state index contributed by atoms with van der Waals surface area (Å²) in [5.41, 5.74) is 6.30. The zero-order chi connectivity index (χ0) is 70.7. The number of nitrogens with two attached hydrogens (primary N) is 1. The van der Waals surface area contributed by atoms with E-state index in [1.165, 1.54) is 92.8 Å². The number of para-hydroxylation sites is 2. The van der Waals surface area contributed by atoms with Gasteiger partial charge in [0.2, 0.25) is 39.7 Å². The Hall–Kier alpha value is -8.55. The number of amides is 5. The number of ether oxygens (including phenoxy) is 4. The predicted octanol–water partition coefficient (Wildman–Crippen LogP) is 6.43. The number of alkyl halides is 2. The molecule has 6 aromatic rings. The van der Waals surface area contributed by atoms with E-state index in [1.54, 1.807) is 9.62 Å². The van der Waals surface area contributed by atoms with E-state index >= 15 is 0 Å². The molecule has 514 valence electrons. The molecule has 38 heteroatoms. The van der Waals surface area contributed by atoms with E-state index in [2.05, 4.69) is 75.0 Å². The van der Waals surface area contributed by atoms with Crippen molar-refractivity contribution < 1.29 is 70.3 Å². The van der Waals surface area contributed by atoms with E-state index in [4.69, 9.17) is 75.9 Å². The number of methoxy groups -OCH3 is 2. The molecule has 9 rings (SSSR count). The standard InChI is InChI=1S/C18H17FN4O2S.C15H18N6O6S.C11H11Cl2NO2.C8H14ClN5.C5H12NO4P/c1-4-5-22-13-7-12(11(19)6-14(13)25-9-16(22)24)20-17-23-10-18(2,3)8-15(23)21-26-17;1-21(2)13(22)9-6-5-7-16-12(9)28(24,25)20-15(23)19-14-17-10(26-3)8-11(18-14)27-4;1-7-6-16-9-5-3-2-4-8(9)14(7)11(15)10(12)13;1-4-10-7-12-6(9)13-8(14-7)11-5(2)3;1-11(9,10)3-2-4(6)5(7)8/h1,6-7H,5,8-10H2,2-3H3;5-8H,1-4H3,(H2,17,18,19,20,23);2-5,7,10H,6H2,1H3;5H,4H2,1-3H3,(H2,10,11,12,13,14);4H,2-3,6H2,1H3,(H,7,8)(H,9,10). The number of terminal acetylenes is 1. The molecule has 2 aromatic carbocycles. The number of urea groups is 1. The van der Waals surface area contributed by atoms with Crippen LogP contribution in [-0.2, 0) is 41.9 Å². The number of aromatic nitrogens is 8. The largest absolute Gasteiger partial charge is 0.489 e. The zero-order valence-electron chi connectivity index (χ0n) is 53.3. The summed E-state index contributed by atoms with van der Waals surface area (Å²) in [6.07, 6.45) is 7.41. The lowest BCUT2D eigenvalue weighted by molar-refractivity contribution is -0.138. The Bertz CT molecular complexity index is 3990. The van der Waals surface area contributed by atoms with Crippen LogP contribution in [0.2, 0.25) is 5.28 Å². The average Bonchev–Trinajstić information content (AvgIpc) is 1.77. The summed E-state index contributed by atoms with van der Waals surface area (Å²) < 4.78 is 79.2. The molecule has 0 fully saturated rings. The highest BCUT2D eigenvalue weighted by Gasteiger charge is 2.34. The van der Waals surface area contributed by atoms with Gasteiger partial charge in [0.1, 0.15) is 35.7 Å². The first-order valence-corrected chi connectivity index (χ1v) is 34.2. The van der Waals surface area contributed by atoms with Crippen molar-refractivity contribution in [1.82, 2.24) is 48.5 Å². The minimum atomic E-state index is -4.46. The highest BCUT2D eigenvalue weighted by molar-refractivity contribution is 7.90. The van der Waals surface area contributed by atoms with Gasteiger partial charge in [0, 0.05) is 76.3 Å². The molecule has 7 heterocycles. The highest BCUT2D eigenvalue weighted by atomic mass is 35.5. The van der Waals surface area contributed by atoms with Gasteiger partial charge in [0.25, 0.3) is 27.7 Å². The number of hydrogen-bond donors (Lipinski definition) is 7. The molecular formula is C57H72Cl3FN17O14PS2. The number of nitrogens with one attached hydrogen (secondary N) is 4. The number of carboxylic acid groups (broad SMARTS) is 1. The summed E-state index contributed by atoms with van der Waals surface area (Å²) in [6.45, 7) is 15.3. The van der Waals surface area contributed by atoms with Crippen LogP contribution in [0.4, 0.5) is 44.1 Å². The number of sulfonamides is 1. The molecule has 8 N–H and O–H groups in total. The molecule has 3 aliphatic heterocycles. The van der Waals surface area contributed by atoms with Crippen molar-refractivity contribution in [2.24, 2.45) is 16.1 Å². The quantitative estimate of drug-likeness (QED) is 0.0294. The fraction of sp³-hybridized carbons (Fsp3) is 0.421. The summed E-state index contributed by atoms with van der Waals surface area (Å²) in [6, 6.07) is 12.2. The van der Waals surface area contributed by atoms with E-state index in [0.717, 1.165) is 31.0 Å². The molecule has 0 aliphatic carbocycles. The van der Waals surface area contributed by atoms with Gasteiger partial charge >= 0.3 is 12.0 Å². The van der Waals surface area contributed by atoms with Crippen LogP contribution >= 0.6 is 53.7 Å².